The molecule has 0 radical (unpaired) electrons. The van der Waals surface area contributed by atoms with Crippen LogP contribution in [0.4, 0.5) is 5.82 Å². The summed E-state index contributed by atoms with van der Waals surface area (Å²) in [5.41, 5.74) is 1.86. The minimum absolute atomic E-state index is 0.0572. The van der Waals surface area contributed by atoms with Crippen LogP contribution in [0.1, 0.15) is 12.8 Å². The molecule has 1 aromatic carbocycles. The highest BCUT2D eigenvalue weighted by Gasteiger charge is 2.17. The molecule has 1 aliphatic heterocycles. The number of benzene rings is 1. The molecule has 0 spiro atoms. The van der Waals surface area contributed by atoms with Crippen molar-refractivity contribution < 1.29 is 14.6 Å². The fraction of sp³-hybridized carbons (Fsp3) is 0.471. The highest BCUT2D eigenvalue weighted by atomic mass is 16.5. The maximum atomic E-state index is 9.28. The van der Waals surface area contributed by atoms with Crippen LogP contribution in [-0.2, 0) is 11.3 Å². The number of aromatic nitrogens is 2. The average Bonchev–Trinajstić information content (AvgIpc) is 2.99. The Morgan fingerprint density at radius 2 is 2.17 bits per heavy atom. The van der Waals surface area contributed by atoms with Crippen molar-refractivity contribution in [1.29, 1.82) is 0 Å². The predicted octanol–water partition coefficient (Wildman–Crippen LogP) is 2.14. The minimum atomic E-state index is 0.0572. The minimum Gasteiger partial charge on any atom is -0.497 e. The van der Waals surface area contributed by atoms with Crippen LogP contribution in [0.5, 0.6) is 5.75 Å². The van der Waals surface area contributed by atoms with Crippen LogP contribution < -0.4 is 10.1 Å². The summed E-state index contributed by atoms with van der Waals surface area (Å²) in [6, 6.07) is 10.2. The summed E-state index contributed by atoms with van der Waals surface area (Å²) in [6.07, 6.45) is 1.97. The summed E-state index contributed by atoms with van der Waals surface area (Å²) in [4.78, 5) is 0. The van der Waals surface area contributed by atoms with E-state index in [0.29, 0.717) is 12.6 Å². The molecule has 1 fully saturated rings. The fourth-order valence-electron chi connectivity index (χ4n) is 2.77. The molecule has 0 saturated carbocycles. The van der Waals surface area contributed by atoms with Crippen molar-refractivity contribution in [2.45, 2.75) is 25.4 Å². The van der Waals surface area contributed by atoms with Gasteiger partial charge in [-0.25, -0.2) is 4.68 Å². The second kappa shape index (κ2) is 7.48. The van der Waals surface area contributed by atoms with Gasteiger partial charge >= 0.3 is 0 Å². The second-order valence-corrected chi connectivity index (χ2v) is 5.62. The number of rotatable bonds is 6. The van der Waals surface area contributed by atoms with Gasteiger partial charge in [0.15, 0.2) is 0 Å². The van der Waals surface area contributed by atoms with Crippen molar-refractivity contribution in [1.82, 2.24) is 9.78 Å². The molecular weight excluding hydrogens is 294 g/mol. The van der Waals surface area contributed by atoms with Gasteiger partial charge in [0.25, 0.3) is 0 Å². The third-order valence-electron chi connectivity index (χ3n) is 4.03. The largest absolute Gasteiger partial charge is 0.497 e. The number of nitrogens with zero attached hydrogens (tertiary/aromatic N) is 2. The number of hydrogen-bond acceptors (Lipinski definition) is 5. The maximum absolute atomic E-state index is 9.28. The van der Waals surface area contributed by atoms with Crippen molar-refractivity contribution in [2.75, 3.05) is 32.2 Å². The quantitative estimate of drug-likeness (QED) is 0.854. The first-order valence-corrected chi connectivity index (χ1v) is 7.97. The number of hydrogen-bond donors (Lipinski definition) is 2. The molecule has 1 aromatic heterocycles. The van der Waals surface area contributed by atoms with E-state index < -0.39 is 0 Å². The number of ether oxygens (including phenoxy) is 2. The molecule has 0 aliphatic carbocycles. The Balaban J connectivity index is 1.84. The smallest absolute Gasteiger partial charge is 0.125 e. The van der Waals surface area contributed by atoms with Crippen LogP contribution >= 0.6 is 0 Å². The normalized spacial score (nSPS) is 15.6. The van der Waals surface area contributed by atoms with E-state index in [0.717, 1.165) is 48.9 Å². The molecule has 124 valence electrons. The first-order chi connectivity index (χ1) is 11.3. The summed E-state index contributed by atoms with van der Waals surface area (Å²) < 4.78 is 12.5. The van der Waals surface area contributed by atoms with E-state index in [1.54, 1.807) is 7.11 Å². The molecule has 0 unspecified atom stereocenters. The Labute approximate surface area is 136 Å². The lowest BCUT2D eigenvalue weighted by Gasteiger charge is -2.24. The summed E-state index contributed by atoms with van der Waals surface area (Å²) in [5, 5.41) is 17.4. The molecule has 2 aromatic rings. The van der Waals surface area contributed by atoms with Crippen molar-refractivity contribution in [3.8, 4) is 17.0 Å². The van der Waals surface area contributed by atoms with Crippen molar-refractivity contribution in [3.63, 3.8) is 0 Å². The van der Waals surface area contributed by atoms with E-state index in [4.69, 9.17) is 9.47 Å². The number of methoxy groups -OCH3 is 1. The van der Waals surface area contributed by atoms with Gasteiger partial charge in [0.2, 0.25) is 0 Å². The average molecular weight is 317 g/mol. The number of aliphatic hydroxyl groups excluding tert-OH is 1. The number of anilines is 1. The zero-order chi connectivity index (χ0) is 16.1. The summed E-state index contributed by atoms with van der Waals surface area (Å²) in [5.74, 6) is 1.74. The standard InChI is InChI=1S/C17H23N3O3/c1-22-15-4-2-3-13(11-15)16-12-17(20(19-16)7-8-21)18-14-5-9-23-10-6-14/h2-4,11-12,14,18,21H,5-10H2,1H3. The van der Waals surface area contributed by atoms with Gasteiger partial charge in [-0.05, 0) is 25.0 Å². The molecule has 23 heavy (non-hydrogen) atoms. The van der Waals surface area contributed by atoms with E-state index in [9.17, 15) is 5.11 Å². The van der Waals surface area contributed by atoms with E-state index in [2.05, 4.69) is 10.4 Å². The first-order valence-electron chi connectivity index (χ1n) is 7.97. The Bertz CT molecular complexity index is 636. The summed E-state index contributed by atoms with van der Waals surface area (Å²) in [6.45, 7) is 2.10. The lowest BCUT2D eigenvalue weighted by molar-refractivity contribution is 0.0902. The van der Waals surface area contributed by atoms with Crippen LogP contribution in [-0.4, -0.2) is 47.9 Å². The molecule has 3 rings (SSSR count). The van der Waals surface area contributed by atoms with Gasteiger partial charge in [-0.2, -0.15) is 5.10 Å². The van der Waals surface area contributed by atoms with Crippen LogP contribution in [0.2, 0.25) is 0 Å². The Hall–Kier alpha value is -2.05. The van der Waals surface area contributed by atoms with E-state index in [1.807, 2.05) is 35.0 Å². The highest BCUT2D eigenvalue weighted by Crippen LogP contribution is 2.26. The molecule has 0 amide bonds. The van der Waals surface area contributed by atoms with Gasteiger partial charge in [-0.15, -0.1) is 0 Å². The van der Waals surface area contributed by atoms with E-state index >= 15 is 0 Å². The van der Waals surface area contributed by atoms with Crippen molar-refractivity contribution in [2.24, 2.45) is 0 Å². The zero-order valence-electron chi connectivity index (χ0n) is 13.4. The molecule has 2 N–H and O–H groups in total. The van der Waals surface area contributed by atoms with E-state index in [-0.39, 0.29) is 6.61 Å². The number of aliphatic hydroxyl groups is 1. The van der Waals surface area contributed by atoms with Gasteiger partial charge in [-0.1, -0.05) is 12.1 Å². The fourth-order valence-corrected chi connectivity index (χ4v) is 2.77. The Morgan fingerprint density at radius 1 is 1.35 bits per heavy atom. The highest BCUT2D eigenvalue weighted by molar-refractivity contribution is 5.64. The van der Waals surface area contributed by atoms with Gasteiger partial charge < -0.3 is 19.9 Å². The van der Waals surface area contributed by atoms with E-state index in [1.165, 1.54) is 0 Å². The third-order valence-corrected chi connectivity index (χ3v) is 4.03. The molecule has 1 aliphatic rings. The predicted molar refractivity (Wildman–Crippen MR) is 88.8 cm³/mol. The number of nitrogens with one attached hydrogen (secondary N) is 1. The third kappa shape index (κ3) is 3.83. The van der Waals surface area contributed by atoms with Gasteiger partial charge in [0.05, 0.1) is 26.0 Å². The molecule has 2 heterocycles. The Morgan fingerprint density at radius 3 is 2.91 bits per heavy atom. The molecule has 6 nitrogen and oxygen atoms in total. The SMILES string of the molecule is COc1cccc(-c2cc(NC3CCOCC3)n(CCO)n2)c1. The second-order valence-electron chi connectivity index (χ2n) is 5.62. The lowest BCUT2D eigenvalue weighted by Crippen LogP contribution is -2.29. The van der Waals surface area contributed by atoms with Crippen molar-refractivity contribution >= 4 is 5.82 Å². The van der Waals surface area contributed by atoms with Crippen LogP contribution in [0.3, 0.4) is 0 Å². The van der Waals surface area contributed by atoms with Crippen LogP contribution in [0.25, 0.3) is 11.3 Å². The molecule has 1 saturated heterocycles. The van der Waals surface area contributed by atoms with Gasteiger partial charge in [0.1, 0.15) is 11.6 Å². The lowest BCUT2D eigenvalue weighted by atomic mass is 10.1. The van der Waals surface area contributed by atoms with Crippen LogP contribution in [0, 0.1) is 0 Å². The zero-order valence-corrected chi connectivity index (χ0v) is 13.4. The molecule has 0 bridgehead atoms. The molecule has 6 heteroatoms. The molecular formula is C17H23N3O3. The summed E-state index contributed by atoms with van der Waals surface area (Å²) >= 11 is 0. The Kier molecular flexibility index (Phi) is 5.15. The first kappa shape index (κ1) is 15.8. The monoisotopic (exact) mass is 317 g/mol. The van der Waals surface area contributed by atoms with Crippen molar-refractivity contribution in [3.05, 3.63) is 30.3 Å². The van der Waals surface area contributed by atoms with Crippen LogP contribution in [0.15, 0.2) is 30.3 Å². The van der Waals surface area contributed by atoms with Gasteiger partial charge in [0, 0.05) is 30.9 Å². The maximum Gasteiger partial charge on any atom is 0.125 e. The topological polar surface area (TPSA) is 68.5 Å². The summed E-state index contributed by atoms with van der Waals surface area (Å²) in [7, 11) is 1.65. The molecule has 0 atom stereocenters. The van der Waals surface area contributed by atoms with Gasteiger partial charge in [-0.3, -0.25) is 0 Å².